The number of aryl methyl sites for hydroxylation is 1. The average Bonchev–Trinajstić information content (AvgIpc) is 2.98. The highest BCUT2D eigenvalue weighted by atomic mass is 35.5. The smallest absolute Gasteiger partial charge is 0.249 e. The Balaban J connectivity index is 1.15. The summed E-state index contributed by atoms with van der Waals surface area (Å²) in [5, 5.41) is 3.12. The van der Waals surface area contributed by atoms with Gasteiger partial charge in [0, 0.05) is 23.6 Å². The molecule has 2 heterocycles. The van der Waals surface area contributed by atoms with E-state index in [1.807, 2.05) is 37.3 Å². The Morgan fingerprint density at radius 3 is 2.37 bits per heavy atom. The number of hydrogen-bond donors (Lipinski definition) is 1. The highest BCUT2D eigenvalue weighted by Gasteiger charge is 2.31. The Labute approximate surface area is 246 Å². The van der Waals surface area contributed by atoms with Crippen LogP contribution in [0.25, 0.3) is 0 Å². The molecule has 2 fully saturated rings. The van der Waals surface area contributed by atoms with E-state index in [4.69, 9.17) is 16.3 Å². The van der Waals surface area contributed by atoms with E-state index in [0.717, 1.165) is 54.2 Å². The van der Waals surface area contributed by atoms with E-state index in [9.17, 15) is 14.4 Å². The predicted octanol–water partition coefficient (Wildman–Crippen LogP) is 5.37. The van der Waals surface area contributed by atoms with E-state index in [1.54, 1.807) is 0 Å². The van der Waals surface area contributed by atoms with Crippen molar-refractivity contribution >= 4 is 29.8 Å². The Morgan fingerprint density at radius 2 is 1.68 bits per heavy atom. The fraction of sp³-hybridized carbons (Fsp3) is 0.364. The van der Waals surface area contributed by atoms with Crippen molar-refractivity contribution in [1.82, 2.24) is 15.1 Å². The molecule has 0 radical (unpaired) electrons. The van der Waals surface area contributed by atoms with Crippen LogP contribution in [0.1, 0.15) is 59.4 Å². The van der Waals surface area contributed by atoms with Gasteiger partial charge >= 0.3 is 0 Å². The number of likely N-dealkylation sites (tertiary alicyclic amines) is 1. The fourth-order valence-electron chi connectivity index (χ4n) is 5.73. The van der Waals surface area contributed by atoms with Gasteiger partial charge in [0.25, 0.3) is 0 Å². The zero-order valence-corrected chi connectivity index (χ0v) is 24.1. The quantitative estimate of drug-likeness (QED) is 0.261. The summed E-state index contributed by atoms with van der Waals surface area (Å²) < 4.78 is 6.22. The molecular weight excluding hydrogens is 538 g/mol. The van der Waals surface area contributed by atoms with Crippen LogP contribution in [0.4, 0.5) is 0 Å². The highest BCUT2D eigenvalue weighted by Crippen LogP contribution is 2.30. The molecule has 7 nitrogen and oxygen atoms in total. The number of rotatable bonds is 10. The van der Waals surface area contributed by atoms with Gasteiger partial charge in [-0.25, -0.2) is 0 Å². The summed E-state index contributed by atoms with van der Waals surface area (Å²) in [5.74, 6) is 0.533. The fourth-order valence-corrected chi connectivity index (χ4v) is 5.86. The molecule has 3 aromatic carbocycles. The number of amides is 3. The molecule has 1 unspecified atom stereocenters. The molecule has 3 aromatic rings. The Kier molecular flexibility index (Phi) is 9.37. The molecule has 0 aliphatic carbocycles. The molecule has 1 atom stereocenters. The van der Waals surface area contributed by atoms with Crippen LogP contribution in [0, 0.1) is 6.92 Å². The first kappa shape index (κ1) is 28.8. The van der Waals surface area contributed by atoms with Gasteiger partial charge in [-0.05, 0) is 85.6 Å². The minimum atomic E-state index is -0.673. The summed E-state index contributed by atoms with van der Waals surface area (Å²) in [6.07, 6.45) is 3.51. The van der Waals surface area contributed by atoms with Crippen LogP contribution in [0.5, 0.6) is 5.75 Å². The number of imide groups is 1. The van der Waals surface area contributed by atoms with Crippen LogP contribution in [0.3, 0.4) is 0 Å². The van der Waals surface area contributed by atoms with Gasteiger partial charge in [-0.1, -0.05) is 60.1 Å². The normalized spacial score (nSPS) is 18.1. The largest absolute Gasteiger partial charge is 0.489 e. The number of nitrogens with one attached hydrogen (secondary N) is 1. The second-order valence-electron chi connectivity index (χ2n) is 11.0. The standard InChI is InChI=1S/C33H36ClN3O4/c1-23-3-2-4-31(29(23)20-37(22-38)30-13-14-32(39)35-33(30)40)41-21-25-7-5-24(6-8-25)19-36-17-15-27(16-18-36)26-9-11-28(34)12-10-26/h2-12,22,27,30H,13-21H2,1H3,(H,35,39,40). The molecule has 0 spiro atoms. The molecule has 5 rings (SSSR count). The van der Waals surface area contributed by atoms with Crippen molar-refractivity contribution in [3.63, 3.8) is 0 Å². The second kappa shape index (κ2) is 13.3. The molecule has 214 valence electrons. The van der Waals surface area contributed by atoms with Crippen LogP contribution >= 0.6 is 11.6 Å². The number of benzene rings is 3. The maximum atomic E-state index is 12.3. The average molecular weight is 574 g/mol. The molecule has 3 amide bonds. The van der Waals surface area contributed by atoms with Crippen LogP contribution in [0.15, 0.2) is 66.7 Å². The van der Waals surface area contributed by atoms with E-state index in [1.165, 1.54) is 16.0 Å². The summed E-state index contributed by atoms with van der Waals surface area (Å²) in [7, 11) is 0. The summed E-state index contributed by atoms with van der Waals surface area (Å²) in [6.45, 7) is 5.66. The molecular formula is C33H36ClN3O4. The third-order valence-electron chi connectivity index (χ3n) is 8.21. The van der Waals surface area contributed by atoms with Gasteiger partial charge in [0.1, 0.15) is 18.4 Å². The van der Waals surface area contributed by atoms with E-state index in [-0.39, 0.29) is 18.9 Å². The van der Waals surface area contributed by atoms with E-state index >= 15 is 0 Å². The maximum Gasteiger partial charge on any atom is 0.249 e. The van der Waals surface area contributed by atoms with Crippen molar-refractivity contribution in [3.05, 3.63) is 99.6 Å². The zero-order valence-electron chi connectivity index (χ0n) is 23.4. The van der Waals surface area contributed by atoms with Crippen molar-refractivity contribution in [1.29, 1.82) is 0 Å². The third-order valence-corrected chi connectivity index (χ3v) is 8.46. The van der Waals surface area contributed by atoms with Crippen LogP contribution in [0.2, 0.25) is 5.02 Å². The number of piperidine rings is 2. The first-order chi connectivity index (χ1) is 19.9. The van der Waals surface area contributed by atoms with Crippen LogP contribution < -0.4 is 10.1 Å². The third kappa shape index (κ3) is 7.34. The number of halogens is 1. The lowest BCUT2D eigenvalue weighted by molar-refractivity contribution is -0.141. The molecule has 0 aromatic heterocycles. The minimum Gasteiger partial charge on any atom is -0.489 e. The van der Waals surface area contributed by atoms with Gasteiger partial charge in [0.05, 0.1) is 6.54 Å². The summed E-state index contributed by atoms with van der Waals surface area (Å²) in [4.78, 5) is 39.8. The van der Waals surface area contributed by atoms with E-state index in [0.29, 0.717) is 31.1 Å². The van der Waals surface area contributed by atoms with Crippen molar-refractivity contribution in [2.45, 2.75) is 64.3 Å². The van der Waals surface area contributed by atoms with Crippen molar-refractivity contribution in [2.75, 3.05) is 13.1 Å². The number of ether oxygens (including phenoxy) is 1. The summed E-state index contributed by atoms with van der Waals surface area (Å²) in [6, 6.07) is 21.9. The number of hydrogen-bond acceptors (Lipinski definition) is 5. The first-order valence-corrected chi connectivity index (χ1v) is 14.6. The van der Waals surface area contributed by atoms with Gasteiger partial charge in [0.2, 0.25) is 18.2 Å². The zero-order chi connectivity index (χ0) is 28.8. The van der Waals surface area contributed by atoms with Gasteiger partial charge in [-0.2, -0.15) is 0 Å². The lowest BCUT2D eigenvalue weighted by Crippen LogP contribution is -2.51. The lowest BCUT2D eigenvalue weighted by atomic mass is 9.89. The predicted molar refractivity (Wildman–Crippen MR) is 158 cm³/mol. The van der Waals surface area contributed by atoms with Crippen LogP contribution in [-0.2, 0) is 34.1 Å². The molecule has 0 bridgehead atoms. The van der Waals surface area contributed by atoms with Crippen molar-refractivity contribution in [2.24, 2.45) is 0 Å². The second-order valence-corrected chi connectivity index (χ2v) is 11.4. The van der Waals surface area contributed by atoms with E-state index in [2.05, 4.69) is 46.6 Å². The van der Waals surface area contributed by atoms with Crippen LogP contribution in [-0.4, -0.2) is 47.2 Å². The molecule has 41 heavy (non-hydrogen) atoms. The molecule has 2 aliphatic rings. The minimum absolute atomic E-state index is 0.218. The Bertz CT molecular complexity index is 1370. The molecule has 0 saturated carbocycles. The molecule has 2 saturated heterocycles. The molecule has 2 aliphatic heterocycles. The summed E-state index contributed by atoms with van der Waals surface area (Å²) >= 11 is 6.05. The van der Waals surface area contributed by atoms with Gasteiger partial charge in [-0.3, -0.25) is 24.6 Å². The van der Waals surface area contributed by atoms with Crippen molar-refractivity contribution < 1.29 is 19.1 Å². The van der Waals surface area contributed by atoms with Gasteiger partial charge in [0.15, 0.2) is 0 Å². The number of carbonyl (C=O) groups excluding carboxylic acids is 3. The molecule has 1 N–H and O–H groups in total. The monoisotopic (exact) mass is 573 g/mol. The highest BCUT2D eigenvalue weighted by molar-refractivity contribution is 6.30. The van der Waals surface area contributed by atoms with Crippen molar-refractivity contribution in [3.8, 4) is 5.75 Å². The van der Waals surface area contributed by atoms with Gasteiger partial charge in [-0.15, -0.1) is 0 Å². The number of carbonyl (C=O) groups is 3. The SMILES string of the molecule is Cc1cccc(OCc2ccc(CN3CCC(c4ccc(Cl)cc4)CC3)cc2)c1CN(C=O)C1CCC(=O)NC1=O. The molecule has 8 heteroatoms. The summed E-state index contributed by atoms with van der Waals surface area (Å²) in [5.41, 5.74) is 5.53. The topological polar surface area (TPSA) is 79.0 Å². The van der Waals surface area contributed by atoms with E-state index < -0.39 is 11.9 Å². The number of nitrogens with zero attached hydrogens (tertiary/aromatic N) is 2. The van der Waals surface area contributed by atoms with Gasteiger partial charge < -0.3 is 9.64 Å². The maximum absolute atomic E-state index is 12.3. The first-order valence-electron chi connectivity index (χ1n) is 14.2. The Hall–Kier alpha value is -3.68. The lowest BCUT2D eigenvalue weighted by Gasteiger charge is -2.32. The Morgan fingerprint density at radius 1 is 0.976 bits per heavy atom.